The number of rotatable bonds is 5. The number of halogens is 1. The first-order chi connectivity index (χ1) is 11.5. The van der Waals surface area contributed by atoms with Crippen molar-refractivity contribution in [3.05, 3.63) is 59.1 Å². The number of ether oxygens (including phenoxy) is 1. The third kappa shape index (κ3) is 4.86. The number of amides is 2. The van der Waals surface area contributed by atoms with Gasteiger partial charge < -0.3 is 15.4 Å². The maximum Gasteiger partial charge on any atom is 0.248 e. The van der Waals surface area contributed by atoms with Crippen LogP contribution in [-0.2, 0) is 9.59 Å². The molecule has 2 N–H and O–H groups in total. The molecule has 0 heterocycles. The molecule has 5 nitrogen and oxygen atoms in total. The standard InChI is InChI=1S/C18H17ClN2O3/c1-12(22)20-14-8-9-16(15(19)11-14)21-18(23)10-7-13-5-3-4-6-17(13)24-2/h3-11H,1-2H3,(H,20,22)(H,21,23). The van der Waals surface area contributed by atoms with Crippen LogP contribution in [-0.4, -0.2) is 18.9 Å². The molecule has 0 fully saturated rings. The van der Waals surface area contributed by atoms with Crippen LogP contribution in [0.2, 0.25) is 5.02 Å². The molecule has 0 aliphatic heterocycles. The largest absolute Gasteiger partial charge is 0.496 e. The first-order valence-corrected chi connectivity index (χ1v) is 7.56. The summed E-state index contributed by atoms with van der Waals surface area (Å²) in [7, 11) is 1.57. The molecule has 2 aromatic rings. The van der Waals surface area contributed by atoms with Gasteiger partial charge in [-0.05, 0) is 30.3 Å². The Kier molecular flexibility index (Phi) is 5.98. The number of carbonyl (C=O) groups excluding carboxylic acids is 2. The summed E-state index contributed by atoms with van der Waals surface area (Å²) in [5.74, 6) is 0.164. The first-order valence-electron chi connectivity index (χ1n) is 7.19. The zero-order valence-electron chi connectivity index (χ0n) is 13.3. The molecule has 0 aliphatic carbocycles. The van der Waals surface area contributed by atoms with Gasteiger partial charge in [-0.1, -0.05) is 29.8 Å². The van der Waals surface area contributed by atoms with Gasteiger partial charge in [0.1, 0.15) is 5.75 Å². The second-order valence-electron chi connectivity index (χ2n) is 4.94. The first kappa shape index (κ1) is 17.6. The van der Waals surface area contributed by atoms with E-state index in [2.05, 4.69) is 10.6 Å². The molecule has 0 saturated heterocycles. The Morgan fingerprint density at radius 2 is 1.88 bits per heavy atom. The topological polar surface area (TPSA) is 67.4 Å². The Labute approximate surface area is 145 Å². The number of para-hydroxylation sites is 1. The van der Waals surface area contributed by atoms with Crippen LogP contribution in [0.15, 0.2) is 48.5 Å². The van der Waals surface area contributed by atoms with Crippen LogP contribution in [0.3, 0.4) is 0 Å². The van der Waals surface area contributed by atoms with Crippen LogP contribution >= 0.6 is 11.6 Å². The molecule has 0 atom stereocenters. The molecule has 0 aliphatic rings. The number of benzene rings is 2. The molecule has 0 unspecified atom stereocenters. The van der Waals surface area contributed by atoms with E-state index in [9.17, 15) is 9.59 Å². The second-order valence-corrected chi connectivity index (χ2v) is 5.35. The van der Waals surface area contributed by atoms with E-state index in [0.717, 1.165) is 5.56 Å². The lowest BCUT2D eigenvalue weighted by Crippen LogP contribution is -2.09. The molecule has 2 amide bonds. The average molecular weight is 345 g/mol. The van der Waals surface area contributed by atoms with Gasteiger partial charge in [0.25, 0.3) is 0 Å². The zero-order valence-corrected chi connectivity index (χ0v) is 14.1. The summed E-state index contributed by atoms with van der Waals surface area (Å²) >= 11 is 6.11. The fourth-order valence-electron chi connectivity index (χ4n) is 2.04. The Balaban J connectivity index is 2.07. The van der Waals surface area contributed by atoms with Gasteiger partial charge in [-0.2, -0.15) is 0 Å². The van der Waals surface area contributed by atoms with Crippen LogP contribution in [0.1, 0.15) is 12.5 Å². The van der Waals surface area contributed by atoms with Gasteiger partial charge in [-0.3, -0.25) is 9.59 Å². The van der Waals surface area contributed by atoms with Crippen LogP contribution < -0.4 is 15.4 Å². The number of hydrogen-bond acceptors (Lipinski definition) is 3. The van der Waals surface area contributed by atoms with Crippen molar-refractivity contribution >= 4 is 40.9 Å². The van der Waals surface area contributed by atoms with Crippen molar-refractivity contribution in [1.82, 2.24) is 0 Å². The number of anilines is 2. The fourth-order valence-corrected chi connectivity index (χ4v) is 2.27. The Bertz CT molecular complexity index is 788. The smallest absolute Gasteiger partial charge is 0.248 e. The summed E-state index contributed by atoms with van der Waals surface area (Å²) in [6.07, 6.45) is 3.06. The number of hydrogen-bond donors (Lipinski definition) is 2. The van der Waals surface area contributed by atoms with Crippen molar-refractivity contribution in [2.24, 2.45) is 0 Å². The average Bonchev–Trinajstić information content (AvgIpc) is 2.55. The maximum absolute atomic E-state index is 12.0. The quantitative estimate of drug-likeness (QED) is 0.807. The number of methoxy groups -OCH3 is 1. The van der Waals surface area contributed by atoms with Crippen LogP contribution in [0.4, 0.5) is 11.4 Å². The molecule has 124 valence electrons. The highest BCUT2D eigenvalue weighted by Crippen LogP contribution is 2.25. The van der Waals surface area contributed by atoms with Gasteiger partial charge in [0.15, 0.2) is 0 Å². The van der Waals surface area contributed by atoms with E-state index < -0.39 is 0 Å². The second kappa shape index (κ2) is 8.17. The van der Waals surface area contributed by atoms with E-state index in [0.29, 0.717) is 22.1 Å². The monoisotopic (exact) mass is 344 g/mol. The molecule has 0 spiro atoms. The van der Waals surface area contributed by atoms with Crippen LogP contribution in [0.25, 0.3) is 6.08 Å². The van der Waals surface area contributed by atoms with Crippen molar-refractivity contribution in [3.63, 3.8) is 0 Å². The van der Waals surface area contributed by atoms with Crippen molar-refractivity contribution in [1.29, 1.82) is 0 Å². The third-order valence-corrected chi connectivity index (χ3v) is 3.41. The highest BCUT2D eigenvalue weighted by molar-refractivity contribution is 6.34. The van der Waals surface area contributed by atoms with Crippen molar-refractivity contribution in [2.45, 2.75) is 6.92 Å². The van der Waals surface area contributed by atoms with Gasteiger partial charge in [0, 0.05) is 24.3 Å². The van der Waals surface area contributed by atoms with E-state index in [4.69, 9.17) is 16.3 Å². The molecular formula is C18H17ClN2O3. The third-order valence-electron chi connectivity index (χ3n) is 3.10. The minimum atomic E-state index is -0.324. The van der Waals surface area contributed by atoms with E-state index in [1.54, 1.807) is 31.4 Å². The maximum atomic E-state index is 12.0. The molecule has 6 heteroatoms. The van der Waals surface area contributed by atoms with E-state index >= 15 is 0 Å². The Morgan fingerprint density at radius 3 is 2.54 bits per heavy atom. The summed E-state index contributed by atoms with van der Waals surface area (Å²) in [6.45, 7) is 1.41. The molecule has 0 bridgehead atoms. The Morgan fingerprint density at radius 1 is 1.12 bits per heavy atom. The summed E-state index contributed by atoms with van der Waals surface area (Å²) in [5, 5.41) is 5.64. The van der Waals surface area contributed by atoms with Gasteiger partial charge in [-0.25, -0.2) is 0 Å². The minimum absolute atomic E-state index is 0.192. The van der Waals surface area contributed by atoms with E-state index in [1.807, 2.05) is 24.3 Å². The van der Waals surface area contributed by atoms with Gasteiger partial charge >= 0.3 is 0 Å². The minimum Gasteiger partial charge on any atom is -0.496 e. The van der Waals surface area contributed by atoms with Gasteiger partial charge in [0.05, 0.1) is 17.8 Å². The lowest BCUT2D eigenvalue weighted by atomic mass is 10.2. The highest BCUT2D eigenvalue weighted by Gasteiger charge is 2.06. The summed E-state index contributed by atoms with van der Waals surface area (Å²) in [5.41, 5.74) is 1.82. The van der Waals surface area contributed by atoms with Crippen LogP contribution in [0, 0.1) is 0 Å². The predicted molar refractivity (Wildman–Crippen MR) is 96.4 cm³/mol. The highest BCUT2D eigenvalue weighted by atomic mass is 35.5. The van der Waals surface area contributed by atoms with E-state index in [-0.39, 0.29) is 11.8 Å². The van der Waals surface area contributed by atoms with Crippen molar-refractivity contribution < 1.29 is 14.3 Å². The normalized spacial score (nSPS) is 10.5. The molecule has 2 rings (SSSR count). The molecular weight excluding hydrogens is 328 g/mol. The summed E-state index contributed by atoms with van der Waals surface area (Å²) < 4.78 is 5.22. The zero-order chi connectivity index (χ0) is 17.5. The van der Waals surface area contributed by atoms with Crippen molar-refractivity contribution in [3.8, 4) is 5.75 Å². The van der Waals surface area contributed by atoms with E-state index in [1.165, 1.54) is 13.0 Å². The predicted octanol–water partition coefficient (Wildman–Crippen LogP) is 3.96. The number of nitrogens with one attached hydrogen (secondary N) is 2. The Hall–Kier alpha value is -2.79. The SMILES string of the molecule is COc1ccccc1C=CC(=O)Nc1ccc(NC(C)=O)cc1Cl. The molecule has 24 heavy (non-hydrogen) atoms. The molecule has 0 saturated carbocycles. The summed E-state index contributed by atoms with van der Waals surface area (Å²) in [4.78, 5) is 23.0. The lowest BCUT2D eigenvalue weighted by Gasteiger charge is -2.08. The van der Waals surface area contributed by atoms with Gasteiger partial charge in [0.2, 0.25) is 11.8 Å². The molecule has 0 aromatic heterocycles. The summed E-state index contributed by atoms with van der Waals surface area (Å²) in [6, 6.07) is 12.2. The van der Waals surface area contributed by atoms with Gasteiger partial charge in [-0.15, -0.1) is 0 Å². The van der Waals surface area contributed by atoms with Crippen LogP contribution in [0.5, 0.6) is 5.75 Å². The molecule has 0 radical (unpaired) electrons. The number of carbonyl (C=O) groups is 2. The molecule has 2 aromatic carbocycles. The van der Waals surface area contributed by atoms with Crippen molar-refractivity contribution in [2.75, 3.05) is 17.7 Å². The fraction of sp³-hybridized carbons (Fsp3) is 0.111. The lowest BCUT2D eigenvalue weighted by molar-refractivity contribution is -0.114.